The fourth-order valence-corrected chi connectivity index (χ4v) is 3.00. The van der Waals surface area contributed by atoms with E-state index in [1.165, 1.54) is 6.42 Å². The molecule has 1 rings (SSSR count). The molecule has 0 aliphatic carbocycles. The van der Waals surface area contributed by atoms with Crippen LogP contribution >= 0.6 is 24.0 Å². The molecule has 0 fully saturated rings. The monoisotopic (exact) mass is 503 g/mol. The first-order valence-electron chi connectivity index (χ1n) is 10.0. The second kappa shape index (κ2) is 15.6. The van der Waals surface area contributed by atoms with Gasteiger partial charge in [0.05, 0.1) is 0 Å². The number of nitrogens with one attached hydrogen (secondary N) is 3. The largest absolute Gasteiger partial charge is 0.356 e. The summed E-state index contributed by atoms with van der Waals surface area (Å²) in [5, 5.41) is 9.48. The average Bonchev–Trinajstić information content (AvgIpc) is 2.70. The van der Waals surface area contributed by atoms with E-state index in [9.17, 15) is 4.79 Å². The maximum absolute atomic E-state index is 11.7. The summed E-state index contributed by atoms with van der Waals surface area (Å²) in [5.41, 5.74) is 1.82. The van der Waals surface area contributed by atoms with Crippen LogP contribution in [0.5, 0.6) is 0 Å². The lowest BCUT2D eigenvalue weighted by Gasteiger charge is -2.21. The topological polar surface area (TPSA) is 68.8 Å². The second-order valence-electron chi connectivity index (χ2n) is 6.74. The number of hydrogen-bond acceptors (Lipinski definition) is 3. The molecule has 1 unspecified atom stereocenters. The Hall–Kier alpha value is -1.35. The van der Waals surface area contributed by atoms with Crippen molar-refractivity contribution in [3.63, 3.8) is 0 Å². The Kier molecular flexibility index (Phi) is 14.8. The average molecular weight is 503 g/mol. The van der Waals surface area contributed by atoms with Gasteiger partial charge in [0, 0.05) is 32.2 Å². The lowest BCUT2D eigenvalue weighted by atomic mass is 10.1. The van der Waals surface area contributed by atoms with Crippen LogP contribution in [0.15, 0.2) is 29.3 Å². The summed E-state index contributed by atoms with van der Waals surface area (Å²) < 4.78 is 0. The lowest BCUT2D eigenvalue weighted by molar-refractivity contribution is 0.0963. The molecule has 0 aliphatic rings. The highest BCUT2D eigenvalue weighted by Crippen LogP contribution is 2.06. The minimum atomic E-state index is -0.0548. The zero-order chi connectivity index (χ0) is 20.1. The zero-order valence-electron chi connectivity index (χ0n) is 18.0. The number of nitrogens with zero attached hydrogens (tertiary/aromatic N) is 2. The Morgan fingerprint density at radius 1 is 1.25 bits per heavy atom. The summed E-state index contributed by atoms with van der Waals surface area (Å²) in [5.74, 6) is 0.772. The third-order valence-electron chi connectivity index (χ3n) is 4.73. The molecule has 0 radical (unpaired) electrons. The van der Waals surface area contributed by atoms with Gasteiger partial charge in [0.1, 0.15) is 0 Å². The van der Waals surface area contributed by atoms with Crippen LogP contribution in [0, 0.1) is 0 Å². The number of halogens is 1. The summed E-state index contributed by atoms with van der Waals surface area (Å²) in [4.78, 5) is 18.5. The highest BCUT2D eigenvalue weighted by molar-refractivity contribution is 14.0. The molecule has 0 saturated heterocycles. The molecule has 1 aromatic rings. The van der Waals surface area contributed by atoms with E-state index in [2.05, 4.69) is 46.6 Å². The van der Waals surface area contributed by atoms with Crippen molar-refractivity contribution in [2.45, 2.75) is 46.1 Å². The van der Waals surface area contributed by atoms with Gasteiger partial charge in [0.2, 0.25) is 0 Å². The van der Waals surface area contributed by atoms with Gasteiger partial charge in [-0.3, -0.25) is 9.79 Å². The van der Waals surface area contributed by atoms with Gasteiger partial charge in [-0.2, -0.15) is 0 Å². The van der Waals surface area contributed by atoms with E-state index in [4.69, 9.17) is 0 Å². The first kappa shape index (κ1) is 26.6. The summed E-state index contributed by atoms with van der Waals surface area (Å²) in [6.07, 6.45) is 3.13. The number of rotatable bonds is 11. The van der Waals surface area contributed by atoms with Gasteiger partial charge in [-0.15, -0.1) is 24.0 Å². The standard InChI is InChI=1S/C21H37N5O.HI/c1-6-26(7-2)15-9-10-17(3)25-21(23-5)24-14-13-18-11-8-12-19(16-18)20(27)22-4;/h8,11-12,16-17H,6-7,9-10,13-15H2,1-5H3,(H,22,27)(H2,23,24,25);1H. The van der Waals surface area contributed by atoms with Crippen LogP contribution in [0.1, 0.15) is 49.5 Å². The number of guanidine groups is 1. The predicted molar refractivity (Wildman–Crippen MR) is 130 cm³/mol. The molecule has 0 aliphatic heterocycles. The maximum atomic E-state index is 11.7. The van der Waals surface area contributed by atoms with Gasteiger partial charge in [-0.05, 0) is 63.5 Å². The van der Waals surface area contributed by atoms with Crippen LogP contribution in [0.3, 0.4) is 0 Å². The van der Waals surface area contributed by atoms with Crippen molar-refractivity contribution >= 4 is 35.8 Å². The lowest BCUT2D eigenvalue weighted by Crippen LogP contribution is -2.43. The molecule has 7 heteroatoms. The van der Waals surface area contributed by atoms with Crippen molar-refractivity contribution in [3.8, 4) is 0 Å². The van der Waals surface area contributed by atoms with E-state index in [1.807, 2.05) is 24.3 Å². The smallest absolute Gasteiger partial charge is 0.251 e. The Bertz CT molecular complexity index is 590. The minimum absolute atomic E-state index is 0. The Morgan fingerprint density at radius 3 is 2.57 bits per heavy atom. The summed E-state index contributed by atoms with van der Waals surface area (Å²) in [6, 6.07) is 8.11. The normalized spacial score (nSPS) is 12.3. The van der Waals surface area contributed by atoms with Gasteiger partial charge in [-0.25, -0.2) is 0 Å². The molecule has 3 N–H and O–H groups in total. The van der Waals surface area contributed by atoms with E-state index in [0.29, 0.717) is 11.6 Å². The maximum Gasteiger partial charge on any atom is 0.251 e. The second-order valence-corrected chi connectivity index (χ2v) is 6.74. The van der Waals surface area contributed by atoms with Crippen molar-refractivity contribution < 1.29 is 4.79 Å². The fraction of sp³-hybridized carbons (Fsp3) is 0.619. The molecular formula is C21H38IN5O. The molecule has 1 atom stereocenters. The van der Waals surface area contributed by atoms with Gasteiger partial charge < -0.3 is 20.9 Å². The zero-order valence-corrected chi connectivity index (χ0v) is 20.4. The van der Waals surface area contributed by atoms with E-state index in [0.717, 1.165) is 50.5 Å². The van der Waals surface area contributed by atoms with Crippen molar-refractivity contribution in [1.29, 1.82) is 0 Å². The van der Waals surface area contributed by atoms with Crippen molar-refractivity contribution in [2.75, 3.05) is 40.3 Å². The van der Waals surface area contributed by atoms with Crippen LogP contribution in [-0.4, -0.2) is 63.1 Å². The van der Waals surface area contributed by atoms with Gasteiger partial charge >= 0.3 is 0 Å². The minimum Gasteiger partial charge on any atom is -0.356 e. The molecule has 6 nitrogen and oxygen atoms in total. The number of amides is 1. The first-order valence-corrected chi connectivity index (χ1v) is 10.0. The third-order valence-corrected chi connectivity index (χ3v) is 4.73. The van der Waals surface area contributed by atoms with Gasteiger partial charge in [0.25, 0.3) is 5.91 Å². The number of carbonyl (C=O) groups excluding carboxylic acids is 1. The molecule has 28 heavy (non-hydrogen) atoms. The van der Waals surface area contributed by atoms with Gasteiger partial charge in [0.15, 0.2) is 5.96 Å². The summed E-state index contributed by atoms with van der Waals surface area (Å²) in [7, 11) is 3.44. The van der Waals surface area contributed by atoms with E-state index in [-0.39, 0.29) is 29.9 Å². The fourth-order valence-electron chi connectivity index (χ4n) is 3.00. The summed E-state index contributed by atoms with van der Waals surface area (Å²) >= 11 is 0. The van der Waals surface area contributed by atoms with Crippen LogP contribution in [0.4, 0.5) is 0 Å². The number of carbonyl (C=O) groups is 1. The van der Waals surface area contributed by atoms with Crippen LogP contribution in [0.2, 0.25) is 0 Å². The van der Waals surface area contributed by atoms with E-state index >= 15 is 0 Å². The Morgan fingerprint density at radius 2 is 1.96 bits per heavy atom. The Labute approximate surface area is 188 Å². The summed E-state index contributed by atoms with van der Waals surface area (Å²) in [6.45, 7) is 10.8. The third kappa shape index (κ3) is 10.3. The molecule has 160 valence electrons. The molecule has 0 heterocycles. The molecule has 1 aromatic carbocycles. The molecule has 0 bridgehead atoms. The Balaban J connectivity index is 0.00000729. The molecule has 0 aromatic heterocycles. The van der Waals surface area contributed by atoms with Crippen molar-refractivity contribution in [3.05, 3.63) is 35.4 Å². The molecule has 0 spiro atoms. The first-order chi connectivity index (χ1) is 13.0. The van der Waals surface area contributed by atoms with Crippen molar-refractivity contribution in [1.82, 2.24) is 20.9 Å². The van der Waals surface area contributed by atoms with Gasteiger partial charge in [-0.1, -0.05) is 26.0 Å². The SMILES string of the molecule is CCN(CC)CCCC(C)NC(=NC)NCCc1cccc(C(=O)NC)c1.I. The quantitative estimate of drug-likeness (QED) is 0.247. The van der Waals surface area contributed by atoms with Crippen LogP contribution in [0.25, 0.3) is 0 Å². The highest BCUT2D eigenvalue weighted by atomic mass is 127. The van der Waals surface area contributed by atoms with Crippen LogP contribution in [-0.2, 0) is 6.42 Å². The van der Waals surface area contributed by atoms with Crippen molar-refractivity contribution in [2.24, 2.45) is 4.99 Å². The highest BCUT2D eigenvalue weighted by Gasteiger charge is 2.07. The number of aliphatic imine (C=N–C) groups is 1. The molecule has 0 saturated carbocycles. The number of hydrogen-bond donors (Lipinski definition) is 3. The predicted octanol–water partition coefficient (Wildman–Crippen LogP) is 2.88. The van der Waals surface area contributed by atoms with E-state index < -0.39 is 0 Å². The molecular weight excluding hydrogens is 465 g/mol. The van der Waals surface area contributed by atoms with E-state index in [1.54, 1.807) is 14.1 Å². The molecule has 1 amide bonds. The number of benzene rings is 1. The van der Waals surface area contributed by atoms with Crippen LogP contribution < -0.4 is 16.0 Å².